The predicted octanol–water partition coefficient (Wildman–Crippen LogP) is 6.37. The molecular weight excluding hydrogens is 460 g/mol. The maximum absolute atomic E-state index is 14.5. The summed E-state index contributed by atoms with van der Waals surface area (Å²) in [6.07, 6.45) is 4.47. The third-order valence-corrected chi connectivity index (χ3v) is 6.99. The summed E-state index contributed by atoms with van der Waals surface area (Å²) in [5, 5.41) is 14.8. The second-order valence-electron chi connectivity index (χ2n) is 8.02. The first kappa shape index (κ1) is 22.2. The van der Waals surface area contributed by atoms with Crippen LogP contribution in [0.3, 0.4) is 0 Å². The number of aromatic nitrogens is 2. The minimum Gasteiger partial charge on any atom is -0.432 e. The van der Waals surface area contributed by atoms with Gasteiger partial charge in [0.2, 0.25) is 0 Å². The zero-order valence-electron chi connectivity index (χ0n) is 17.9. The highest BCUT2D eigenvalue weighted by atomic mass is 31.1. The van der Waals surface area contributed by atoms with Gasteiger partial charge in [0.15, 0.2) is 11.6 Å². The Morgan fingerprint density at radius 1 is 1.15 bits per heavy atom. The highest BCUT2D eigenvalue weighted by molar-refractivity contribution is 7.48. The molecule has 0 bridgehead atoms. The monoisotopic (exact) mass is 480 g/mol. The highest BCUT2D eigenvalue weighted by Crippen LogP contribution is 2.43. The number of ether oxygens (including phenoxy) is 1. The molecule has 2 aromatic heterocycles. The second-order valence-corrected chi connectivity index (χ2v) is 9.09. The zero-order chi connectivity index (χ0) is 23.7. The van der Waals surface area contributed by atoms with Crippen molar-refractivity contribution < 1.29 is 17.9 Å². The van der Waals surface area contributed by atoms with Crippen LogP contribution < -0.4 is 15.1 Å². The summed E-state index contributed by atoms with van der Waals surface area (Å²) < 4.78 is 46.4. The van der Waals surface area contributed by atoms with Crippen LogP contribution in [-0.4, -0.2) is 16.2 Å². The number of fused-ring (bicyclic) bond motifs is 1. The molecule has 1 saturated carbocycles. The molecule has 172 valence electrons. The minimum atomic E-state index is -3.15. The Kier molecular flexibility index (Phi) is 6.12. The second kappa shape index (κ2) is 9.36. The van der Waals surface area contributed by atoms with Crippen LogP contribution in [0.1, 0.15) is 30.9 Å². The first-order valence-corrected chi connectivity index (χ1v) is 11.8. The number of anilines is 1. The number of nitrogens with zero attached hydrogens (tertiary/aromatic N) is 3. The smallest absolute Gasteiger partial charge is 0.387 e. The van der Waals surface area contributed by atoms with E-state index >= 15 is 0 Å². The van der Waals surface area contributed by atoms with Gasteiger partial charge in [-0.25, -0.2) is 4.39 Å². The summed E-state index contributed by atoms with van der Waals surface area (Å²) in [7, 11) is 0.368. The number of benzene rings is 2. The minimum absolute atomic E-state index is 0.0728. The quantitative estimate of drug-likeness (QED) is 0.312. The van der Waals surface area contributed by atoms with Gasteiger partial charge in [0.05, 0.1) is 34.4 Å². The number of rotatable bonds is 7. The third kappa shape index (κ3) is 4.20. The number of pyridine rings is 1. The number of nitrogens with one attached hydrogen (secondary N) is 1. The third-order valence-electron chi connectivity index (χ3n) is 5.96. The van der Waals surface area contributed by atoms with Gasteiger partial charge >= 0.3 is 6.61 Å². The number of nitriles is 1. The largest absolute Gasteiger partial charge is 0.432 e. The maximum atomic E-state index is 14.5. The average Bonchev–Trinajstić information content (AvgIpc) is 3.10. The van der Waals surface area contributed by atoms with Crippen LogP contribution in [0.5, 0.6) is 5.75 Å². The molecule has 34 heavy (non-hydrogen) atoms. The molecule has 1 unspecified atom stereocenters. The molecule has 0 saturated heterocycles. The van der Waals surface area contributed by atoms with Gasteiger partial charge in [-0.15, -0.1) is 0 Å². The Morgan fingerprint density at radius 3 is 2.56 bits per heavy atom. The zero-order valence-corrected chi connectivity index (χ0v) is 18.9. The van der Waals surface area contributed by atoms with Gasteiger partial charge in [-0.2, -0.15) is 14.0 Å². The topological polar surface area (TPSA) is 62.9 Å². The summed E-state index contributed by atoms with van der Waals surface area (Å²) in [6, 6.07) is 18.3. The van der Waals surface area contributed by atoms with Gasteiger partial charge in [-0.05, 0) is 42.8 Å². The Bertz CT molecular complexity index is 1360. The summed E-state index contributed by atoms with van der Waals surface area (Å²) >= 11 is 0. The molecular formula is C25H20F3N4OP. The van der Waals surface area contributed by atoms with E-state index in [-0.39, 0.29) is 11.6 Å². The van der Waals surface area contributed by atoms with Crippen molar-refractivity contribution in [2.75, 3.05) is 5.09 Å². The van der Waals surface area contributed by atoms with Crippen LogP contribution in [0.2, 0.25) is 0 Å². The van der Waals surface area contributed by atoms with Crippen LogP contribution in [0.25, 0.3) is 22.3 Å². The number of alkyl halides is 2. The summed E-state index contributed by atoms with van der Waals surface area (Å²) in [5.74, 6) is -1.47. The van der Waals surface area contributed by atoms with E-state index in [1.54, 1.807) is 6.20 Å². The summed E-state index contributed by atoms with van der Waals surface area (Å²) in [6.45, 7) is -3.15. The van der Waals surface area contributed by atoms with E-state index in [4.69, 9.17) is 0 Å². The molecule has 1 aliphatic rings. The normalized spacial score (nSPS) is 14.0. The summed E-state index contributed by atoms with van der Waals surface area (Å²) in [5.41, 5.74) is 2.71. The van der Waals surface area contributed by atoms with Crippen LogP contribution in [-0.2, 0) is 0 Å². The van der Waals surface area contributed by atoms with Crippen molar-refractivity contribution in [1.82, 2.24) is 9.55 Å². The van der Waals surface area contributed by atoms with Crippen molar-refractivity contribution in [2.24, 2.45) is 0 Å². The molecule has 0 radical (unpaired) electrons. The van der Waals surface area contributed by atoms with Crippen LogP contribution in [0.4, 0.5) is 18.9 Å². The SMILES string of the molecule is N#Cc1c(-c2ccc(NPc3ccccc3)cn2)n(C2CCC2)c2cc(OC(F)F)c(F)cc12. The van der Waals surface area contributed by atoms with Crippen molar-refractivity contribution >= 4 is 30.6 Å². The highest BCUT2D eigenvalue weighted by Gasteiger charge is 2.29. The van der Waals surface area contributed by atoms with Crippen molar-refractivity contribution in [3.8, 4) is 23.2 Å². The lowest BCUT2D eigenvalue weighted by Crippen LogP contribution is -2.18. The molecule has 5 nitrogen and oxygen atoms in total. The molecule has 0 spiro atoms. The molecule has 5 rings (SSSR count). The van der Waals surface area contributed by atoms with Gasteiger partial charge in [0.1, 0.15) is 6.07 Å². The molecule has 1 aliphatic carbocycles. The van der Waals surface area contributed by atoms with Gasteiger partial charge in [0.25, 0.3) is 0 Å². The van der Waals surface area contributed by atoms with Gasteiger partial charge in [-0.3, -0.25) is 4.98 Å². The predicted molar refractivity (Wildman–Crippen MR) is 127 cm³/mol. The van der Waals surface area contributed by atoms with E-state index in [9.17, 15) is 18.4 Å². The van der Waals surface area contributed by atoms with E-state index in [1.165, 1.54) is 6.07 Å². The Morgan fingerprint density at radius 2 is 1.94 bits per heavy atom. The van der Waals surface area contributed by atoms with E-state index in [1.807, 2.05) is 47.0 Å². The van der Waals surface area contributed by atoms with Crippen LogP contribution >= 0.6 is 8.73 Å². The summed E-state index contributed by atoms with van der Waals surface area (Å²) in [4.78, 5) is 4.58. The number of hydrogen-bond acceptors (Lipinski definition) is 4. The van der Waals surface area contributed by atoms with Crippen molar-refractivity contribution in [3.05, 3.63) is 72.2 Å². The molecule has 9 heteroatoms. The van der Waals surface area contributed by atoms with Crippen molar-refractivity contribution in [3.63, 3.8) is 0 Å². The Hall–Kier alpha value is -3.56. The van der Waals surface area contributed by atoms with Crippen LogP contribution in [0.15, 0.2) is 60.8 Å². The van der Waals surface area contributed by atoms with E-state index in [0.717, 1.165) is 36.3 Å². The first-order chi connectivity index (χ1) is 16.5. The molecule has 2 heterocycles. The van der Waals surface area contributed by atoms with E-state index in [2.05, 4.69) is 20.9 Å². The molecule has 0 aliphatic heterocycles. The van der Waals surface area contributed by atoms with E-state index in [0.29, 0.717) is 31.0 Å². The van der Waals surface area contributed by atoms with Crippen molar-refractivity contribution in [2.45, 2.75) is 31.9 Å². The molecule has 1 fully saturated rings. The van der Waals surface area contributed by atoms with Gasteiger partial charge < -0.3 is 14.4 Å². The lowest BCUT2D eigenvalue weighted by Gasteiger charge is -2.30. The lowest BCUT2D eigenvalue weighted by atomic mass is 9.92. The fourth-order valence-corrected chi connectivity index (χ4v) is 4.96. The van der Waals surface area contributed by atoms with Gasteiger partial charge in [-0.1, -0.05) is 30.3 Å². The van der Waals surface area contributed by atoms with Gasteiger partial charge in [0, 0.05) is 26.2 Å². The molecule has 1 atom stereocenters. The fraction of sp³-hybridized carbons (Fsp3) is 0.200. The van der Waals surface area contributed by atoms with E-state index < -0.39 is 18.2 Å². The van der Waals surface area contributed by atoms with Crippen molar-refractivity contribution in [1.29, 1.82) is 5.26 Å². The maximum Gasteiger partial charge on any atom is 0.387 e. The standard InChI is InChI=1S/C25H20F3N4OP/c26-20-11-18-19(13-29)24(32(16-5-4-6-16)22(18)12-23(20)33-25(27)28)21-10-9-15(14-30-21)31-34-17-7-2-1-3-8-17/h1-3,7-12,14,16,25,31,34H,4-6H2. The molecule has 4 aromatic rings. The number of hydrogen-bond donors (Lipinski definition) is 1. The Balaban J connectivity index is 1.56. The number of halogens is 3. The first-order valence-electron chi connectivity index (χ1n) is 10.8. The molecule has 1 N–H and O–H groups in total. The molecule has 2 aromatic carbocycles. The van der Waals surface area contributed by atoms with Crippen LogP contribution in [0, 0.1) is 17.1 Å². The molecule has 0 amide bonds. The lowest BCUT2D eigenvalue weighted by molar-refractivity contribution is -0.0521. The Labute approximate surface area is 196 Å². The fourth-order valence-electron chi connectivity index (χ4n) is 4.16. The average molecular weight is 480 g/mol.